The van der Waals surface area contributed by atoms with Gasteiger partial charge in [-0.1, -0.05) is 44.2 Å². The predicted octanol–water partition coefficient (Wildman–Crippen LogP) is 3.95. The van der Waals surface area contributed by atoms with Crippen LogP contribution >= 0.6 is 0 Å². The lowest BCUT2D eigenvalue weighted by Crippen LogP contribution is -2.00. The van der Waals surface area contributed by atoms with Crippen molar-refractivity contribution in [1.82, 2.24) is 0 Å². The molecule has 2 unspecified atom stereocenters. The van der Waals surface area contributed by atoms with Crippen LogP contribution < -0.4 is 0 Å². The summed E-state index contributed by atoms with van der Waals surface area (Å²) in [6, 6.07) is 6.84. The van der Waals surface area contributed by atoms with Gasteiger partial charge < -0.3 is 0 Å². The van der Waals surface area contributed by atoms with Crippen LogP contribution in [0.15, 0.2) is 30.4 Å². The molecule has 0 saturated carbocycles. The highest BCUT2D eigenvalue weighted by Crippen LogP contribution is 2.50. The van der Waals surface area contributed by atoms with Crippen molar-refractivity contribution >= 4 is 0 Å². The number of rotatable bonds is 1. The predicted molar refractivity (Wildman–Crippen MR) is 59.8 cm³/mol. The van der Waals surface area contributed by atoms with E-state index in [1.165, 1.54) is 6.42 Å². The standard InChI is InChI=1S/C14H16/c1-9(2)12-4-3-5-13-10-6-7-11(8-10)14(12)13/h3-7,9-11H,8H2,1-2H3. The molecule has 0 aliphatic heterocycles. The van der Waals surface area contributed by atoms with Crippen molar-refractivity contribution in [2.45, 2.75) is 38.0 Å². The minimum absolute atomic E-state index is 0.665. The summed E-state index contributed by atoms with van der Waals surface area (Å²) in [4.78, 5) is 0. The Bertz CT molecular complexity index is 398. The van der Waals surface area contributed by atoms with Crippen LogP contribution in [0, 0.1) is 0 Å². The van der Waals surface area contributed by atoms with Crippen LogP contribution in [0.5, 0.6) is 0 Å². The Kier molecular flexibility index (Phi) is 1.61. The highest BCUT2D eigenvalue weighted by Gasteiger charge is 2.34. The fraction of sp³-hybridized carbons (Fsp3) is 0.429. The van der Waals surface area contributed by atoms with Crippen LogP contribution in [0.1, 0.15) is 54.7 Å². The Morgan fingerprint density at radius 3 is 2.71 bits per heavy atom. The van der Waals surface area contributed by atoms with Gasteiger partial charge in [-0.2, -0.15) is 0 Å². The third-order valence-electron chi connectivity index (χ3n) is 3.65. The molecule has 3 rings (SSSR count). The van der Waals surface area contributed by atoms with Crippen LogP contribution in [0.4, 0.5) is 0 Å². The smallest absolute Gasteiger partial charge is 0.00327 e. The fourth-order valence-electron chi connectivity index (χ4n) is 3.00. The van der Waals surface area contributed by atoms with Gasteiger partial charge in [-0.15, -0.1) is 0 Å². The molecule has 0 heteroatoms. The summed E-state index contributed by atoms with van der Waals surface area (Å²) >= 11 is 0. The molecule has 1 aromatic rings. The number of hydrogen-bond acceptors (Lipinski definition) is 0. The van der Waals surface area contributed by atoms with Crippen molar-refractivity contribution in [3.63, 3.8) is 0 Å². The lowest BCUT2D eigenvalue weighted by Gasteiger charge is -2.17. The molecule has 0 N–H and O–H groups in total. The molecule has 0 radical (unpaired) electrons. The average molecular weight is 184 g/mol. The van der Waals surface area contributed by atoms with E-state index >= 15 is 0 Å². The van der Waals surface area contributed by atoms with Gasteiger partial charge in [-0.25, -0.2) is 0 Å². The molecule has 0 amide bonds. The minimum atomic E-state index is 0.665. The normalized spacial score (nSPS) is 27.4. The van der Waals surface area contributed by atoms with E-state index in [1.54, 1.807) is 16.7 Å². The lowest BCUT2D eigenvalue weighted by molar-refractivity contribution is 0.786. The first-order chi connectivity index (χ1) is 6.77. The van der Waals surface area contributed by atoms with Crippen molar-refractivity contribution in [2.24, 2.45) is 0 Å². The molecule has 1 aromatic carbocycles. The lowest BCUT2D eigenvalue weighted by atomic mass is 9.87. The Hall–Kier alpha value is -1.04. The molecule has 0 nitrogen and oxygen atoms in total. The number of allylic oxidation sites excluding steroid dienone is 2. The summed E-state index contributed by atoms with van der Waals surface area (Å²) in [7, 11) is 0. The molecule has 14 heavy (non-hydrogen) atoms. The molecule has 0 spiro atoms. The van der Waals surface area contributed by atoms with E-state index in [2.05, 4.69) is 44.2 Å². The number of benzene rings is 1. The second kappa shape index (κ2) is 2.73. The van der Waals surface area contributed by atoms with Gasteiger partial charge in [0.1, 0.15) is 0 Å². The molecule has 0 fully saturated rings. The second-order valence-corrected chi connectivity index (χ2v) is 4.84. The summed E-state index contributed by atoms with van der Waals surface area (Å²) in [5.41, 5.74) is 4.82. The van der Waals surface area contributed by atoms with E-state index in [-0.39, 0.29) is 0 Å². The SMILES string of the molecule is CC(C)c1cccc2c1C1C=CC2C1. The van der Waals surface area contributed by atoms with Gasteiger partial charge in [-0.3, -0.25) is 0 Å². The molecule has 72 valence electrons. The maximum absolute atomic E-state index is 2.40. The molecule has 0 heterocycles. The van der Waals surface area contributed by atoms with Crippen molar-refractivity contribution in [3.05, 3.63) is 47.0 Å². The Morgan fingerprint density at radius 2 is 1.93 bits per heavy atom. The van der Waals surface area contributed by atoms with E-state index in [4.69, 9.17) is 0 Å². The zero-order chi connectivity index (χ0) is 9.71. The van der Waals surface area contributed by atoms with Gasteiger partial charge in [0, 0.05) is 11.8 Å². The van der Waals surface area contributed by atoms with Crippen molar-refractivity contribution in [2.75, 3.05) is 0 Å². The maximum Gasteiger partial charge on any atom is 0.00327 e. The van der Waals surface area contributed by atoms with Gasteiger partial charge in [0.15, 0.2) is 0 Å². The van der Waals surface area contributed by atoms with Crippen LogP contribution in [0.25, 0.3) is 0 Å². The van der Waals surface area contributed by atoms with Crippen molar-refractivity contribution in [1.29, 1.82) is 0 Å². The van der Waals surface area contributed by atoms with Crippen LogP contribution in [0.3, 0.4) is 0 Å². The van der Waals surface area contributed by atoms with Crippen LogP contribution in [0.2, 0.25) is 0 Å². The van der Waals surface area contributed by atoms with Crippen LogP contribution in [-0.4, -0.2) is 0 Å². The molecule has 2 bridgehead atoms. The average Bonchev–Trinajstić information content (AvgIpc) is 2.77. The second-order valence-electron chi connectivity index (χ2n) is 4.84. The zero-order valence-electron chi connectivity index (χ0n) is 8.83. The molecule has 2 atom stereocenters. The summed E-state index contributed by atoms with van der Waals surface area (Å²) in [5, 5.41) is 0. The van der Waals surface area contributed by atoms with E-state index < -0.39 is 0 Å². The van der Waals surface area contributed by atoms with E-state index in [0.717, 1.165) is 11.8 Å². The molecule has 2 aliphatic carbocycles. The number of hydrogen-bond donors (Lipinski definition) is 0. The quantitative estimate of drug-likeness (QED) is 0.580. The summed E-state index contributed by atoms with van der Waals surface area (Å²) in [6.07, 6.45) is 6.12. The largest absolute Gasteiger partial charge is 0.0804 e. The first-order valence-corrected chi connectivity index (χ1v) is 5.58. The summed E-state index contributed by atoms with van der Waals surface area (Å²) < 4.78 is 0. The topological polar surface area (TPSA) is 0 Å². The zero-order valence-corrected chi connectivity index (χ0v) is 8.83. The van der Waals surface area contributed by atoms with Gasteiger partial charge in [0.05, 0.1) is 0 Å². The van der Waals surface area contributed by atoms with Gasteiger partial charge in [0.25, 0.3) is 0 Å². The molecular formula is C14H16. The number of fused-ring (bicyclic) bond motifs is 5. The third-order valence-corrected chi connectivity index (χ3v) is 3.65. The van der Waals surface area contributed by atoms with Gasteiger partial charge >= 0.3 is 0 Å². The summed E-state index contributed by atoms with van der Waals surface area (Å²) in [5.74, 6) is 2.12. The Balaban J connectivity index is 2.21. The van der Waals surface area contributed by atoms with Crippen LogP contribution in [-0.2, 0) is 0 Å². The Morgan fingerprint density at radius 1 is 1.14 bits per heavy atom. The summed E-state index contributed by atoms with van der Waals surface area (Å²) in [6.45, 7) is 4.59. The van der Waals surface area contributed by atoms with Gasteiger partial charge in [-0.05, 0) is 29.0 Å². The maximum atomic E-state index is 2.40. The Labute approximate surface area is 85.6 Å². The fourth-order valence-corrected chi connectivity index (χ4v) is 3.00. The van der Waals surface area contributed by atoms with E-state index in [9.17, 15) is 0 Å². The molecule has 2 aliphatic rings. The van der Waals surface area contributed by atoms with Crippen molar-refractivity contribution < 1.29 is 0 Å². The minimum Gasteiger partial charge on any atom is -0.0804 e. The van der Waals surface area contributed by atoms with Crippen molar-refractivity contribution in [3.8, 4) is 0 Å². The van der Waals surface area contributed by atoms with E-state index in [1.807, 2.05) is 0 Å². The molecule has 0 saturated heterocycles. The molecule has 0 aromatic heterocycles. The monoisotopic (exact) mass is 184 g/mol. The highest BCUT2D eigenvalue weighted by molar-refractivity contribution is 5.52. The van der Waals surface area contributed by atoms with E-state index in [0.29, 0.717) is 5.92 Å². The van der Waals surface area contributed by atoms with Gasteiger partial charge in [0.2, 0.25) is 0 Å². The highest BCUT2D eigenvalue weighted by atomic mass is 14.4. The first kappa shape index (κ1) is 8.28. The third kappa shape index (κ3) is 0.943. The molecular weight excluding hydrogens is 168 g/mol. The first-order valence-electron chi connectivity index (χ1n) is 5.58.